The molecule has 1 saturated carbocycles. The Morgan fingerprint density at radius 1 is 1.25 bits per heavy atom. The van der Waals surface area contributed by atoms with Crippen molar-refractivity contribution in [2.75, 3.05) is 0 Å². The molecule has 88 valence electrons. The Hall–Kier alpha value is -0.960. The Kier molecular flexibility index (Phi) is 3.54. The van der Waals surface area contributed by atoms with E-state index in [1.54, 1.807) is 0 Å². The zero-order valence-corrected chi connectivity index (χ0v) is 9.13. The van der Waals surface area contributed by atoms with Crippen molar-refractivity contribution in [3.05, 3.63) is 35.4 Å². The van der Waals surface area contributed by atoms with E-state index in [2.05, 4.69) is 0 Å². The van der Waals surface area contributed by atoms with Gasteiger partial charge in [0, 0.05) is 12.5 Å². The van der Waals surface area contributed by atoms with Crippen molar-refractivity contribution in [3.63, 3.8) is 0 Å². The second-order valence-corrected chi connectivity index (χ2v) is 4.55. The van der Waals surface area contributed by atoms with Crippen LogP contribution in [0.5, 0.6) is 0 Å². The highest BCUT2D eigenvalue weighted by molar-refractivity contribution is 5.19. The maximum Gasteiger partial charge on any atom is 0.129 e. The van der Waals surface area contributed by atoms with Gasteiger partial charge in [0.15, 0.2) is 0 Å². The third-order valence-electron chi connectivity index (χ3n) is 3.39. The van der Waals surface area contributed by atoms with E-state index in [-0.39, 0.29) is 12.3 Å². The van der Waals surface area contributed by atoms with Gasteiger partial charge in [-0.2, -0.15) is 0 Å². The number of benzene rings is 1. The van der Waals surface area contributed by atoms with Gasteiger partial charge in [0.2, 0.25) is 0 Å². The molecule has 3 heteroatoms. The summed E-state index contributed by atoms with van der Waals surface area (Å²) in [6, 6.07) is 3.53. The molecule has 0 radical (unpaired) electrons. The van der Waals surface area contributed by atoms with Gasteiger partial charge in [0.25, 0.3) is 0 Å². The first-order chi connectivity index (χ1) is 7.66. The van der Waals surface area contributed by atoms with E-state index >= 15 is 0 Å². The third kappa shape index (κ3) is 2.59. The molecule has 0 aromatic heterocycles. The van der Waals surface area contributed by atoms with Crippen LogP contribution in [0.1, 0.15) is 31.2 Å². The van der Waals surface area contributed by atoms with Gasteiger partial charge in [-0.05, 0) is 30.4 Å². The van der Waals surface area contributed by atoms with Crippen molar-refractivity contribution in [1.29, 1.82) is 0 Å². The van der Waals surface area contributed by atoms with Crippen LogP contribution in [0, 0.1) is 17.6 Å². The Labute approximate surface area is 94.1 Å². The molecule has 0 bridgehead atoms. The molecule has 1 N–H and O–H groups in total. The average molecular weight is 226 g/mol. The van der Waals surface area contributed by atoms with E-state index in [4.69, 9.17) is 0 Å². The van der Waals surface area contributed by atoms with Gasteiger partial charge in [-0.15, -0.1) is 0 Å². The monoisotopic (exact) mass is 226 g/mol. The van der Waals surface area contributed by atoms with Crippen molar-refractivity contribution in [2.24, 2.45) is 5.92 Å². The molecule has 1 aliphatic carbocycles. The lowest BCUT2D eigenvalue weighted by atomic mass is 9.95. The van der Waals surface area contributed by atoms with E-state index in [9.17, 15) is 13.9 Å². The minimum absolute atomic E-state index is 0.282. The minimum atomic E-state index is -0.573. The summed E-state index contributed by atoms with van der Waals surface area (Å²) in [5, 5.41) is 9.94. The first-order valence-electron chi connectivity index (χ1n) is 5.79. The topological polar surface area (TPSA) is 20.2 Å². The largest absolute Gasteiger partial charge is 0.392 e. The Morgan fingerprint density at radius 2 is 1.94 bits per heavy atom. The van der Waals surface area contributed by atoms with Crippen LogP contribution >= 0.6 is 0 Å². The standard InChI is InChI=1S/C13H16F2O/c14-11-6-5-10(12(15)8-11)7-13(16)9-3-1-2-4-9/h5-6,8-9,13,16H,1-4,7H2. The molecule has 2 rings (SSSR count). The quantitative estimate of drug-likeness (QED) is 0.839. The molecule has 0 amide bonds. The number of aliphatic hydroxyl groups excluding tert-OH is 1. The number of hydrogen-bond donors (Lipinski definition) is 1. The van der Waals surface area contributed by atoms with E-state index in [0.29, 0.717) is 5.56 Å². The molecule has 1 aromatic rings. The minimum Gasteiger partial charge on any atom is -0.392 e. The molecular formula is C13H16F2O. The molecule has 16 heavy (non-hydrogen) atoms. The van der Waals surface area contributed by atoms with Crippen LogP contribution in [0.25, 0.3) is 0 Å². The van der Waals surface area contributed by atoms with E-state index in [1.807, 2.05) is 0 Å². The van der Waals surface area contributed by atoms with Crippen LogP contribution in [0.15, 0.2) is 18.2 Å². The van der Waals surface area contributed by atoms with Gasteiger partial charge in [-0.3, -0.25) is 0 Å². The van der Waals surface area contributed by atoms with Crippen molar-refractivity contribution in [1.82, 2.24) is 0 Å². The number of hydrogen-bond acceptors (Lipinski definition) is 1. The molecule has 0 heterocycles. The van der Waals surface area contributed by atoms with Crippen LogP contribution in [-0.2, 0) is 6.42 Å². The summed E-state index contributed by atoms with van der Waals surface area (Å²) in [6.45, 7) is 0. The lowest BCUT2D eigenvalue weighted by molar-refractivity contribution is 0.110. The van der Waals surface area contributed by atoms with Crippen LogP contribution in [0.2, 0.25) is 0 Å². The van der Waals surface area contributed by atoms with Gasteiger partial charge < -0.3 is 5.11 Å². The summed E-state index contributed by atoms with van der Waals surface area (Å²) in [7, 11) is 0. The summed E-state index contributed by atoms with van der Waals surface area (Å²) >= 11 is 0. The van der Waals surface area contributed by atoms with Gasteiger partial charge in [0.1, 0.15) is 11.6 Å². The molecule has 1 atom stereocenters. The third-order valence-corrected chi connectivity index (χ3v) is 3.39. The maximum absolute atomic E-state index is 13.3. The second kappa shape index (κ2) is 4.91. The summed E-state index contributed by atoms with van der Waals surface area (Å²) in [4.78, 5) is 0. The molecule has 1 aliphatic rings. The zero-order chi connectivity index (χ0) is 11.5. The zero-order valence-electron chi connectivity index (χ0n) is 9.13. The lowest BCUT2D eigenvalue weighted by Gasteiger charge is -2.17. The lowest BCUT2D eigenvalue weighted by Crippen LogP contribution is -2.20. The highest BCUT2D eigenvalue weighted by Crippen LogP contribution is 2.29. The normalized spacial score (nSPS) is 18.9. The van der Waals surface area contributed by atoms with Gasteiger partial charge in [-0.1, -0.05) is 18.9 Å². The molecule has 0 saturated heterocycles. The van der Waals surface area contributed by atoms with Crippen molar-refractivity contribution < 1.29 is 13.9 Å². The summed E-state index contributed by atoms with van der Waals surface area (Å²) in [5.74, 6) is -0.849. The summed E-state index contributed by atoms with van der Waals surface area (Å²) in [5.41, 5.74) is 0.404. The smallest absolute Gasteiger partial charge is 0.129 e. The molecule has 1 fully saturated rings. The molecule has 1 unspecified atom stereocenters. The Bertz CT molecular complexity index is 359. The van der Waals surface area contributed by atoms with Gasteiger partial charge in [0.05, 0.1) is 6.10 Å². The molecule has 1 nitrogen and oxygen atoms in total. The fourth-order valence-electron chi connectivity index (χ4n) is 2.42. The van der Waals surface area contributed by atoms with Gasteiger partial charge in [-0.25, -0.2) is 8.78 Å². The molecule has 0 aliphatic heterocycles. The first-order valence-corrected chi connectivity index (χ1v) is 5.79. The predicted molar refractivity (Wildman–Crippen MR) is 58.0 cm³/mol. The number of aliphatic hydroxyl groups is 1. The van der Waals surface area contributed by atoms with Crippen LogP contribution in [-0.4, -0.2) is 11.2 Å². The van der Waals surface area contributed by atoms with E-state index in [1.165, 1.54) is 12.1 Å². The van der Waals surface area contributed by atoms with Crippen molar-refractivity contribution >= 4 is 0 Å². The highest BCUT2D eigenvalue weighted by Gasteiger charge is 2.24. The van der Waals surface area contributed by atoms with Crippen LogP contribution < -0.4 is 0 Å². The number of rotatable bonds is 3. The average Bonchev–Trinajstić information content (AvgIpc) is 2.75. The maximum atomic E-state index is 13.3. The molecular weight excluding hydrogens is 210 g/mol. The van der Waals surface area contributed by atoms with Gasteiger partial charge >= 0.3 is 0 Å². The van der Waals surface area contributed by atoms with E-state index < -0.39 is 17.7 Å². The fourth-order valence-corrected chi connectivity index (χ4v) is 2.42. The summed E-state index contributed by atoms with van der Waals surface area (Å²) < 4.78 is 26.0. The Balaban J connectivity index is 2.02. The first kappa shape index (κ1) is 11.5. The van der Waals surface area contributed by atoms with Crippen LogP contribution in [0.4, 0.5) is 8.78 Å². The second-order valence-electron chi connectivity index (χ2n) is 4.55. The predicted octanol–water partition coefficient (Wildman–Crippen LogP) is 3.06. The summed E-state index contributed by atoms with van der Waals surface area (Å²) in [6.07, 6.45) is 4.12. The highest BCUT2D eigenvalue weighted by atomic mass is 19.1. The van der Waals surface area contributed by atoms with Crippen molar-refractivity contribution in [3.8, 4) is 0 Å². The van der Waals surface area contributed by atoms with Crippen molar-refractivity contribution in [2.45, 2.75) is 38.2 Å². The van der Waals surface area contributed by atoms with E-state index in [0.717, 1.165) is 31.7 Å². The number of halogens is 2. The molecule has 1 aromatic carbocycles. The van der Waals surface area contributed by atoms with Crippen LogP contribution in [0.3, 0.4) is 0 Å². The molecule has 0 spiro atoms. The Morgan fingerprint density at radius 3 is 2.56 bits per heavy atom. The SMILES string of the molecule is OC(Cc1ccc(F)cc1F)C1CCCC1. The fraction of sp³-hybridized carbons (Fsp3) is 0.538.